The molecule has 2 N–H and O–H groups in total. The van der Waals surface area contributed by atoms with Gasteiger partial charge in [-0.2, -0.15) is 0 Å². The van der Waals surface area contributed by atoms with Gasteiger partial charge < -0.3 is 24.4 Å². The zero-order valence-electron chi connectivity index (χ0n) is 16.1. The second kappa shape index (κ2) is 8.77. The molecule has 144 valence electrons. The van der Waals surface area contributed by atoms with Crippen molar-refractivity contribution in [2.75, 3.05) is 34.4 Å². The van der Waals surface area contributed by atoms with Crippen molar-refractivity contribution in [1.82, 2.24) is 5.32 Å². The minimum absolute atomic E-state index is 0.0399. The Balaban J connectivity index is 1.58. The molecule has 6 heteroatoms. The second-order valence-electron chi connectivity index (χ2n) is 6.68. The molecule has 0 saturated carbocycles. The average Bonchev–Trinajstić information content (AvgIpc) is 2.71. The molecule has 1 unspecified atom stereocenters. The monoisotopic (exact) mass is 371 g/mol. The van der Waals surface area contributed by atoms with Crippen LogP contribution in [0.5, 0.6) is 17.2 Å². The highest BCUT2D eigenvalue weighted by atomic mass is 16.5. The van der Waals surface area contributed by atoms with Crippen LogP contribution in [-0.2, 0) is 24.3 Å². The van der Waals surface area contributed by atoms with E-state index in [0.717, 1.165) is 25.1 Å². The Bertz CT molecular complexity index is 782. The molecule has 1 aliphatic heterocycles. The van der Waals surface area contributed by atoms with Crippen molar-refractivity contribution < 1.29 is 23.9 Å². The summed E-state index contributed by atoms with van der Waals surface area (Å²) in [6.07, 6.45) is 1.02. The van der Waals surface area contributed by atoms with Crippen molar-refractivity contribution in [1.29, 1.82) is 0 Å². The van der Waals surface area contributed by atoms with Crippen LogP contribution in [0.4, 0.5) is 0 Å². The zero-order valence-corrected chi connectivity index (χ0v) is 16.1. The second-order valence-corrected chi connectivity index (χ2v) is 6.68. The van der Waals surface area contributed by atoms with E-state index in [4.69, 9.17) is 14.2 Å². The number of carbonyl (C=O) groups is 1. The molecule has 0 spiro atoms. The predicted molar refractivity (Wildman–Crippen MR) is 102 cm³/mol. The third kappa shape index (κ3) is 4.52. The van der Waals surface area contributed by atoms with Gasteiger partial charge >= 0.3 is 0 Å². The summed E-state index contributed by atoms with van der Waals surface area (Å²) in [7, 11) is 4.73. The van der Waals surface area contributed by atoms with Crippen LogP contribution in [0.25, 0.3) is 0 Å². The summed E-state index contributed by atoms with van der Waals surface area (Å²) < 4.78 is 16.0. The molecule has 1 amide bonds. The van der Waals surface area contributed by atoms with E-state index in [9.17, 15) is 4.79 Å². The van der Waals surface area contributed by atoms with Gasteiger partial charge in [0.15, 0.2) is 18.0 Å². The molecule has 2 aromatic rings. The van der Waals surface area contributed by atoms with E-state index in [1.807, 2.05) is 12.1 Å². The largest absolute Gasteiger partial charge is 0.493 e. The van der Waals surface area contributed by atoms with E-state index >= 15 is 0 Å². The third-order valence-corrected chi connectivity index (χ3v) is 4.93. The number of amides is 1. The molecule has 3 rings (SSSR count). The first-order valence-corrected chi connectivity index (χ1v) is 9.10. The first kappa shape index (κ1) is 19.0. The Morgan fingerprint density at radius 3 is 2.33 bits per heavy atom. The lowest BCUT2D eigenvalue weighted by Crippen LogP contribution is -3.12. The lowest BCUT2D eigenvalue weighted by atomic mass is 10.00. The molecule has 0 aromatic heterocycles. The molecule has 27 heavy (non-hydrogen) atoms. The minimum Gasteiger partial charge on any atom is -0.493 e. The van der Waals surface area contributed by atoms with Crippen LogP contribution in [0.3, 0.4) is 0 Å². The van der Waals surface area contributed by atoms with Crippen molar-refractivity contribution in [3.05, 3.63) is 53.1 Å². The molecule has 1 aliphatic rings. The van der Waals surface area contributed by atoms with Gasteiger partial charge in [-0.3, -0.25) is 4.79 Å². The SMILES string of the molecule is COc1cc(CNC(=O)C[NH+]2CCc3ccccc3C2)cc(OC)c1OC. The maximum absolute atomic E-state index is 12.4. The van der Waals surface area contributed by atoms with Gasteiger partial charge in [0.1, 0.15) is 6.54 Å². The van der Waals surface area contributed by atoms with Gasteiger partial charge in [-0.1, -0.05) is 24.3 Å². The fraction of sp³-hybridized carbons (Fsp3) is 0.381. The van der Waals surface area contributed by atoms with Crippen molar-refractivity contribution in [3.8, 4) is 17.2 Å². The van der Waals surface area contributed by atoms with E-state index < -0.39 is 0 Å². The maximum Gasteiger partial charge on any atom is 0.275 e. The van der Waals surface area contributed by atoms with Gasteiger partial charge in [0.25, 0.3) is 5.91 Å². The van der Waals surface area contributed by atoms with Gasteiger partial charge in [-0.25, -0.2) is 0 Å². The quantitative estimate of drug-likeness (QED) is 0.762. The predicted octanol–water partition coefficient (Wildman–Crippen LogP) is 0.970. The Hall–Kier alpha value is -2.73. The fourth-order valence-electron chi connectivity index (χ4n) is 3.52. The number of benzene rings is 2. The van der Waals surface area contributed by atoms with Gasteiger partial charge in [-0.05, 0) is 23.3 Å². The summed E-state index contributed by atoms with van der Waals surface area (Å²) in [6, 6.07) is 12.2. The topological polar surface area (TPSA) is 61.2 Å². The first-order valence-electron chi connectivity index (χ1n) is 9.10. The summed E-state index contributed by atoms with van der Waals surface area (Å²) in [5, 5.41) is 3.00. The van der Waals surface area contributed by atoms with Crippen LogP contribution in [0.1, 0.15) is 16.7 Å². The van der Waals surface area contributed by atoms with Crippen LogP contribution in [0.2, 0.25) is 0 Å². The molecular formula is C21H27N2O4+. The van der Waals surface area contributed by atoms with Crippen LogP contribution in [0, 0.1) is 0 Å². The third-order valence-electron chi connectivity index (χ3n) is 4.93. The molecule has 0 fully saturated rings. The van der Waals surface area contributed by atoms with E-state index in [0.29, 0.717) is 30.3 Å². The van der Waals surface area contributed by atoms with Crippen molar-refractivity contribution in [2.24, 2.45) is 0 Å². The molecule has 0 radical (unpaired) electrons. The Labute approximate surface area is 160 Å². The Kier molecular flexibility index (Phi) is 6.19. The number of carbonyl (C=O) groups excluding carboxylic acids is 1. The lowest BCUT2D eigenvalue weighted by Gasteiger charge is -2.25. The van der Waals surface area contributed by atoms with Gasteiger partial charge in [0.2, 0.25) is 5.75 Å². The van der Waals surface area contributed by atoms with E-state index in [-0.39, 0.29) is 5.91 Å². The van der Waals surface area contributed by atoms with E-state index in [1.165, 1.54) is 16.0 Å². The van der Waals surface area contributed by atoms with Crippen LogP contribution in [0.15, 0.2) is 36.4 Å². The molecule has 0 saturated heterocycles. The van der Waals surface area contributed by atoms with Gasteiger partial charge in [0, 0.05) is 18.5 Å². The van der Waals surface area contributed by atoms with Crippen LogP contribution < -0.4 is 24.4 Å². The highest BCUT2D eigenvalue weighted by molar-refractivity contribution is 5.76. The fourth-order valence-corrected chi connectivity index (χ4v) is 3.52. The van der Waals surface area contributed by atoms with Crippen molar-refractivity contribution in [3.63, 3.8) is 0 Å². The number of nitrogens with one attached hydrogen (secondary N) is 2. The van der Waals surface area contributed by atoms with E-state index in [1.54, 1.807) is 21.3 Å². The molecule has 1 heterocycles. The Morgan fingerprint density at radius 2 is 1.70 bits per heavy atom. The summed E-state index contributed by atoms with van der Waals surface area (Å²) in [5.74, 6) is 1.75. The normalized spacial score (nSPS) is 15.6. The highest BCUT2D eigenvalue weighted by Crippen LogP contribution is 2.38. The maximum atomic E-state index is 12.4. The van der Waals surface area contributed by atoms with Crippen molar-refractivity contribution >= 4 is 5.91 Å². The van der Waals surface area contributed by atoms with Gasteiger partial charge in [0.05, 0.1) is 27.9 Å². The summed E-state index contributed by atoms with van der Waals surface area (Å²) in [6.45, 7) is 2.76. The number of quaternary nitrogens is 1. The summed E-state index contributed by atoms with van der Waals surface area (Å²) in [5.41, 5.74) is 3.65. The number of methoxy groups -OCH3 is 3. The summed E-state index contributed by atoms with van der Waals surface area (Å²) in [4.78, 5) is 13.7. The Morgan fingerprint density at radius 1 is 1.04 bits per heavy atom. The van der Waals surface area contributed by atoms with E-state index in [2.05, 4.69) is 29.6 Å². The van der Waals surface area contributed by atoms with Crippen molar-refractivity contribution in [2.45, 2.75) is 19.5 Å². The first-order chi connectivity index (χ1) is 13.1. The number of hydrogen-bond acceptors (Lipinski definition) is 4. The standard InChI is InChI=1S/C21H26N2O4/c1-25-18-10-15(11-19(26-2)21(18)27-3)12-22-20(24)14-23-9-8-16-6-4-5-7-17(16)13-23/h4-7,10-11H,8-9,12-14H2,1-3H3,(H,22,24)/p+1. The number of hydrogen-bond donors (Lipinski definition) is 2. The molecular weight excluding hydrogens is 344 g/mol. The number of rotatable bonds is 7. The lowest BCUT2D eigenvalue weighted by molar-refractivity contribution is -0.908. The molecule has 1 atom stereocenters. The highest BCUT2D eigenvalue weighted by Gasteiger charge is 2.21. The molecule has 2 aromatic carbocycles. The molecule has 0 bridgehead atoms. The molecule has 0 aliphatic carbocycles. The van der Waals surface area contributed by atoms with Crippen LogP contribution >= 0.6 is 0 Å². The van der Waals surface area contributed by atoms with Crippen LogP contribution in [-0.4, -0.2) is 40.3 Å². The smallest absolute Gasteiger partial charge is 0.275 e. The van der Waals surface area contributed by atoms with Gasteiger partial charge in [-0.15, -0.1) is 0 Å². The number of ether oxygens (including phenoxy) is 3. The minimum atomic E-state index is 0.0399. The molecule has 6 nitrogen and oxygen atoms in total. The zero-order chi connectivity index (χ0) is 19.2. The summed E-state index contributed by atoms with van der Waals surface area (Å²) >= 11 is 0. The number of fused-ring (bicyclic) bond motifs is 1. The average molecular weight is 371 g/mol.